The maximum Gasteiger partial charge on any atom is 0.283 e. The summed E-state index contributed by atoms with van der Waals surface area (Å²) in [6.07, 6.45) is 0. The molecule has 0 aliphatic rings. The number of aromatic nitrogens is 1. The quantitative estimate of drug-likeness (QED) is 0.415. The van der Waals surface area contributed by atoms with E-state index >= 15 is 0 Å². The largest absolute Gasteiger partial charge is 0.496 e. The lowest BCUT2D eigenvalue weighted by Crippen LogP contribution is -2.20. The molecule has 6 heteroatoms. The minimum absolute atomic E-state index is 0.314. The van der Waals surface area contributed by atoms with Crippen molar-refractivity contribution in [3.63, 3.8) is 0 Å². The van der Waals surface area contributed by atoms with Gasteiger partial charge in [-0.15, -0.1) is 0 Å². The second-order valence-electron chi connectivity index (χ2n) is 7.02. The monoisotopic (exact) mass is 420 g/mol. The van der Waals surface area contributed by atoms with Crippen LogP contribution in [0.15, 0.2) is 59.6 Å². The second-order valence-corrected chi connectivity index (χ2v) is 8.03. The van der Waals surface area contributed by atoms with Gasteiger partial charge in [-0.3, -0.25) is 4.79 Å². The van der Waals surface area contributed by atoms with Crippen molar-refractivity contribution in [2.45, 2.75) is 20.4 Å². The molecule has 0 fully saturated rings. The summed E-state index contributed by atoms with van der Waals surface area (Å²) in [7, 11) is 1.57. The number of hydrogen-bond donors (Lipinski definition) is 0. The second kappa shape index (κ2) is 8.81. The smallest absolute Gasteiger partial charge is 0.283 e. The number of ether oxygens (including phenoxy) is 2. The van der Waals surface area contributed by atoms with Crippen LogP contribution < -0.4 is 9.54 Å². The fourth-order valence-corrected chi connectivity index (χ4v) is 4.64. The zero-order chi connectivity index (χ0) is 21.1. The Balaban J connectivity index is 1.83. The molecule has 0 saturated heterocycles. The Labute approximate surface area is 179 Å². The van der Waals surface area contributed by atoms with Gasteiger partial charge in [-0.05, 0) is 54.4 Å². The van der Waals surface area contributed by atoms with Crippen LogP contribution in [0.4, 0.5) is 0 Å². The van der Waals surface area contributed by atoms with Crippen LogP contribution in [0.25, 0.3) is 21.0 Å². The lowest BCUT2D eigenvalue weighted by atomic mass is 10.1. The minimum atomic E-state index is -0.314. The number of aryl methyl sites for hydroxylation is 1. The van der Waals surface area contributed by atoms with Gasteiger partial charge in [-0.25, -0.2) is 0 Å². The zero-order valence-electron chi connectivity index (χ0n) is 17.3. The van der Waals surface area contributed by atoms with E-state index in [1.165, 1.54) is 16.9 Å². The van der Waals surface area contributed by atoms with E-state index in [1.54, 1.807) is 7.11 Å². The fraction of sp³-hybridized carbons (Fsp3) is 0.250. The van der Waals surface area contributed by atoms with Gasteiger partial charge in [0.25, 0.3) is 5.91 Å². The number of carbonyl (C=O) groups is 1. The van der Waals surface area contributed by atoms with E-state index in [9.17, 15) is 4.79 Å². The molecule has 0 N–H and O–H groups in total. The first-order valence-corrected chi connectivity index (χ1v) is 10.8. The van der Waals surface area contributed by atoms with Gasteiger partial charge in [0.15, 0.2) is 4.80 Å². The first-order valence-electron chi connectivity index (χ1n) is 9.94. The summed E-state index contributed by atoms with van der Waals surface area (Å²) < 4.78 is 14.2. The Bertz CT molecular complexity index is 1290. The molecule has 0 unspecified atom stereocenters. The number of carbonyl (C=O) groups excluding carboxylic acids is 1. The molecule has 30 heavy (non-hydrogen) atoms. The van der Waals surface area contributed by atoms with E-state index in [0.717, 1.165) is 21.0 Å². The lowest BCUT2D eigenvalue weighted by Gasteiger charge is -2.08. The predicted octanol–water partition coefficient (Wildman–Crippen LogP) is 4.95. The number of methoxy groups -OCH3 is 1. The van der Waals surface area contributed by atoms with Crippen molar-refractivity contribution >= 4 is 38.2 Å². The molecule has 1 heterocycles. The van der Waals surface area contributed by atoms with Crippen molar-refractivity contribution in [2.24, 2.45) is 4.99 Å². The average molecular weight is 421 g/mol. The Morgan fingerprint density at radius 1 is 1.10 bits per heavy atom. The highest BCUT2D eigenvalue weighted by Crippen LogP contribution is 2.27. The van der Waals surface area contributed by atoms with Crippen LogP contribution in [0.1, 0.15) is 22.8 Å². The third-order valence-electron chi connectivity index (χ3n) is 5.00. The van der Waals surface area contributed by atoms with Crippen LogP contribution in [0.2, 0.25) is 0 Å². The van der Waals surface area contributed by atoms with Gasteiger partial charge in [-0.1, -0.05) is 41.7 Å². The van der Waals surface area contributed by atoms with Crippen molar-refractivity contribution in [3.8, 4) is 5.75 Å². The standard InChI is InChI=1S/C24H24N2O3S/c1-4-29-12-11-26-20-10-9-16(2)13-22(20)30-24(26)25-23(27)19-14-17-7-5-6-8-18(17)15-21(19)28-3/h5-10,13-15H,4,11-12H2,1-3H3. The van der Waals surface area contributed by atoms with Crippen LogP contribution in [-0.2, 0) is 11.3 Å². The van der Waals surface area contributed by atoms with Crippen molar-refractivity contribution in [2.75, 3.05) is 20.3 Å². The van der Waals surface area contributed by atoms with Crippen LogP contribution in [0, 0.1) is 6.92 Å². The van der Waals surface area contributed by atoms with Crippen molar-refractivity contribution in [1.82, 2.24) is 4.57 Å². The highest BCUT2D eigenvalue weighted by atomic mass is 32.1. The van der Waals surface area contributed by atoms with E-state index in [2.05, 4.69) is 34.7 Å². The van der Waals surface area contributed by atoms with Crippen molar-refractivity contribution < 1.29 is 14.3 Å². The van der Waals surface area contributed by atoms with Crippen LogP contribution >= 0.6 is 11.3 Å². The summed E-state index contributed by atoms with van der Waals surface area (Å²) in [5.41, 5.74) is 2.69. The number of amides is 1. The molecule has 5 nitrogen and oxygen atoms in total. The third-order valence-corrected chi connectivity index (χ3v) is 6.04. The number of benzene rings is 3. The first-order chi connectivity index (χ1) is 14.6. The highest BCUT2D eigenvalue weighted by Gasteiger charge is 2.15. The molecule has 0 bridgehead atoms. The summed E-state index contributed by atoms with van der Waals surface area (Å²) in [6.45, 7) is 5.89. The van der Waals surface area contributed by atoms with Gasteiger partial charge in [0.05, 0.1) is 29.5 Å². The summed E-state index contributed by atoms with van der Waals surface area (Å²) in [6, 6.07) is 17.9. The van der Waals surface area contributed by atoms with Gasteiger partial charge < -0.3 is 14.0 Å². The van der Waals surface area contributed by atoms with E-state index in [0.29, 0.717) is 35.9 Å². The maximum atomic E-state index is 13.2. The number of hydrogen-bond acceptors (Lipinski definition) is 4. The molecular weight excluding hydrogens is 396 g/mol. The summed E-state index contributed by atoms with van der Waals surface area (Å²) in [5.74, 6) is 0.214. The predicted molar refractivity (Wildman–Crippen MR) is 121 cm³/mol. The number of nitrogens with zero attached hydrogens (tertiary/aromatic N) is 2. The molecule has 0 saturated carbocycles. The third kappa shape index (κ3) is 4.01. The fourth-order valence-electron chi connectivity index (χ4n) is 3.48. The Kier molecular flexibility index (Phi) is 5.97. The molecule has 0 radical (unpaired) electrons. The SMILES string of the molecule is CCOCCn1c(=NC(=O)c2cc3ccccc3cc2OC)sc2cc(C)ccc21. The van der Waals surface area contributed by atoms with Crippen molar-refractivity contribution in [3.05, 3.63) is 70.5 Å². The molecule has 0 atom stereocenters. The lowest BCUT2D eigenvalue weighted by molar-refractivity contribution is 0.0994. The molecule has 1 amide bonds. The minimum Gasteiger partial charge on any atom is -0.496 e. The topological polar surface area (TPSA) is 52.8 Å². The van der Waals surface area contributed by atoms with Gasteiger partial charge in [0.1, 0.15) is 5.75 Å². The molecule has 154 valence electrons. The van der Waals surface area contributed by atoms with Crippen molar-refractivity contribution in [1.29, 1.82) is 0 Å². The molecule has 4 aromatic rings. The summed E-state index contributed by atoms with van der Waals surface area (Å²) in [4.78, 5) is 18.3. The Hall–Kier alpha value is -2.96. The van der Waals surface area contributed by atoms with Crippen LogP contribution in [0.3, 0.4) is 0 Å². The molecule has 1 aromatic heterocycles. The van der Waals surface area contributed by atoms with E-state index in [4.69, 9.17) is 9.47 Å². The number of fused-ring (bicyclic) bond motifs is 2. The number of rotatable bonds is 6. The van der Waals surface area contributed by atoms with E-state index in [-0.39, 0.29) is 5.91 Å². The molecule has 0 spiro atoms. The van der Waals surface area contributed by atoms with Crippen LogP contribution in [0.5, 0.6) is 5.75 Å². The van der Waals surface area contributed by atoms with E-state index < -0.39 is 0 Å². The molecule has 0 aliphatic carbocycles. The zero-order valence-corrected chi connectivity index (χ0v) is 18.2. The molecule has 0 aliphatic heterocycles. The molecular formula is C24H24N2O3S. The Morgan fingerprint density at radius 3 is 2.60 bits per heavy atom. The van der Waals surface area contributed by atoms with E-state index in [1.807, 2.05) is 43.3 Å². The van der Waals surface area contributed by atoms with Gasteiger partial charge in [0.2, 0.25) is 0 Å². The van der Waals surface area contributed by atoms with Crippen LogP contribution in [-0.4, -0.2) is 30.8 Å². The van der Waals surface area contributed by atoms with Gasteiger partial charge in [0, 0.05) is 13.2 Å². The first kappa shape index (κ1) is 20.3. The summed E-state index contributed by atoms with van der Waals surface area (Å²) in [5, 5.41) is 2.00. The summed E-state index contributed by atoms with van der Waals surface area (Å²) >= 11 is 1.52. The highest BCUT2D eigenvalue weighted by molar-refractivity contribution is 7.16. The van der Waals surface area contributed by atoms with Gasteiger partial charge in [-0.2, -0.15) is 4.99 Å². The normalized spacial score (nSPS) is 12.0. The number of thiazole rings is 1. The maximum absolute atomic E-state index is 13.2. The Morgan fingerprint density at radius 2 is 1.87 bits per heavy atom. The van der Waals surface area contributed by atoms with Gasteiger partial charge >= 0.3 is 0 Å². The average Bonchev–Trinajstić information content (AvgIpc) is 3.08. The molecule has 3 aromatic carbocycles. The molecule has 4 rings (SSSR count).